The third-order valence-electron chi connectivity index (χ3n) is 7.94. The molecule has 2 aliphatic heterocycles. The second-order valence-corrected chi connectivity index (χ2v) is 10.6. The topological polar surface area (TPSA) is 108 Å². The van der Waals surface area contributed by atoms with Gasteiger partial charge in [-0.3, -0.25) is 9.36 Å². The Labute approximate surface area is 227 Å². The fourth-order valence-electron chi connectivity index (χ4n) is 5.61. The number of imidazole rings is 1. The summed E-state index contributed by atoms with van der Waals surface area (Å²) in [5.41, 5.74) is 10.4. The molecule has 4 N–H and O–H groups in total. The number of fused-ring (bicyclic) bond motifs is 1. The van der Waals surface area contributed by atoms with Crippen molar-refractivity contribution in [3.63, 3.8) is 0 Å². The maximum Gasteiger partial charge on any atom is 0.326 e. The van der Waals surface area contributed by atoms with Gasteiger partial charge in [0.2, 0.25) is 0 Å². The van der Waals surface area contributed by atoms with Gasteiger partial charge in [0, 0.05) is 60.1 Å². The minimum atomic E-state index is -0.323. The minimum Gasteiger partial charge on any atom is -0.404 e. The van der Waals surface area contributed by atoms with Crippen LogP contribution in [0.4, 0.5) is 10.1 Å². The van der Waals surface area contributed by atoms with Crippen LogP contribution >= 0.6 is 0 Å². The number of nitrogens with zero attached hydrogens (tertiary/aromatic N) is 3. The molecule has 3 aliphatic rings. The van der Waals surface area contributed by atoms with Gasteiger partial charge in [0.15, 0.2) is 0 Å². The molecule has 0 spiro atoms. The Morgan fingerprint density at radius 2 is 1.97 bits per heavy atom. The molecule has 39 heavy (non-hydrogen) atoms. The number of nitrogens with one attached hydrogen (secondary N) is 1. The van der Waals surface area contributed by atoms with Crippen LogP contribution in [0.1, 0.15) is 48.7 Å². The van der Waals surface area contributed by atoms with Crippen LogP contribution in [0.5, 0.6) is 0 Å². The highest BCUT2D eigenvalue weighted by Crippen LogP contribution is 2.33. The zero-order chi connectivity index (χ0) is 27.7. The van der Waals surface area contributed by atoms with E-state index in [1.807, 2.05) is 11.5 Å². The number of allylic oxidation sites excluding steroid dienone is 1. The van der Waals surface area contributed by atoms with Crippen molar-refractivity contribution in [3.8, 4) is 0 Å². The Morgan fingerprint density at radius 1 is 1.23 bits per heavy atom. The van der Waals surface area contributed by atoms with Crippen molar-refractivity contribution in [1.82, 2.24) is 14.5 Å². The lowest BCUT2D eigenvalue weighted by Crippen LogP contribution is -2.38. The normalized spacial score (nSPS) is 18.7. The molecule has 0 atom stereocenters. The number of anilines is 1. The maximum atomic E-state index is 13.6. The number of aromatic nitrogens is 2. The average molecular weight is 534 g/mol. The third-order valence-corrected chi connectivity index (χ3v) is 7.94. The number of aromatic amines is 1. The first-order valence-electron chi connectivity index (χ1n) is 13.6. The fourth-order valence-corrected chi connectivity index (χ4v) is 5.61. The zero-order valence-electron chi connectivity index (χ0n) is 22.3. The van der Waals surface area contributed by atoms with Crippen molar-refractivity contribution in [2.24, 2.45) is 11.7 Å². The van der Waals surface area contributed by atoms with Gasteiger partial charge in [-0.25, -0.2) is 9.18 Å². The predicted molar refractivity (Wildman–Crippen MR) is 150 cm³/mol. The lowest BCUT2D eigenvalue weighted by Gasteiger charge is -2.36. The molecule has 0 radical (unpaired) electrons. The van der Waals surface area contributed by atoms with Crippen molar-refractivity contribution in [1.29, 1.82) is 0 Å². The van der Waals surface area contributed by atoms with Crippen molar-refractivity contribution < 1.29 is 14.3 Å². The molecule has 3 heterocycles. The van der Waals surface area contributed by atoms with Crippen molar-refractivity contribution in [2.75, 3.05) is 31.1 Å². The molecule has 1 aromatic carbocycles. The number of piperidine rings is 1. The Kier molecular flexibility index (Phi) is 7.61. The van der Waals surface area contributed by atoms with Crippen molar-refractivity contribution >= 4 is 17.7 Å². The van der Waals surface area contributed by atoms with Crippen LogP contribution in [-0.4, -0.2) is 51.7 Å². The van der Waals surface area contributed by atoms with E-state index in [0.717, 1.165) is 17.0 Å². The predicted octanol–water partition coefficient (Wildman–Crippen LogP) is 3.55. The van der Waals surface area contributed by atoms with Crippen LogP contribution in [0.2, 0.25) is 0 Å². The number of aryl methyl sites for hydroxylation is 1. The molecule has 1 saturated heterocycles. The largest absolute Gasteiger partial charge is 0.404 e. The van der Waals surface area contributed by atoms with Gasteiger partial charge in [0.05, 0.1) is 12.3 Å². The quantitative estimate of drug-likeness (QED) is 0.355. The van der Waals surface area contributed by atoms with Crippen molar-refractivity contribution in [2.45, 2.75) is 45.1 Å². The fraction of sp³-hybridized carbons (Fsp3) is 0.400. The molecule has 0 bridgehead atoms. The summed E-state index contributed by atoms with van der Waals surface area (Å²) in [4.78, 5) is 32.8. The Balaban J connectivity index is 1.34. The molecule has 5 rings (SSSR count). The van der Waals surface area contributed by atoms with Crippen LogP contribution in [0.25, 0.3) is 6.08 Å². The zero-order valence-corrected chi connectivity index (χ0v) is 22.3. The second kappa shape index (κ2) is 11.1. The van der Waals surface area contributed by atoms with Gasteiger partial charge in [0.1, 0.15) is 5.82 Å². The number of rotatable bonds is 8. The van der Waals surface area contributed by atoms with E-state index < -0.39 is 0 Å². The Morgan fingerprint density at radius 3 is 2.64 bits per heavy atom. The first kappa shape index (κ1) is 26.7. The number of H-pyrrole nitrogens is 1. The number of amides is 1. The van der Waals surface area contributed by atoms with Gasteiger partial charge in [-0.1, -0.05) is 12.7 Å². The minimum absolute atomic E-state index is 0.0320. The number of aliphatic hydroxyl groups excluding tert-OH is 1. The summed E-state index contributed by atoms with van der Waals surface area (Å²) >= 11 is 0. The molecule has 9 heteroatoms. The summed E-state index contributed by atoms with van der Waals surface area (Å²) < 4.78 is 15.5. The highest BCUT2D eigenvalue weighted by molar-refractivity contribution is 6.08. The molecule has 8 nitrogen and oxygen atoms in total. The van der Waals surface area contributed by atoms with E-state index in [1.165, 1.54) is 31.2 Å². The number of carbonyl (C=O) groups is 1. The molecule has 1 amide bonds. The lowest BCUT2D eigenvalue weighted by molar-refractivity contribution is -0.114. The smallest absolute Gasteiger partial charge is 0.326 e. The molecule has 206 valence electrons. The van der Waals surface area contributed by atoms with Gasteiger partial charge in [-0.2, -0.15) is 0 Å². The summed E-state index contributed by atoms with van der Waals surface area (Å²) in [6.07, 6.45) is 11.7. The summed E-state index contributed by atoms with van der Waals surface area (Å²) in [5.74, 6) is 0.0168. The van der Waals surface area contributed by atoms with E-state index >= 15 is 0 Å². The van der Waals surface area contributed by atoms with Gasteiger partial charge >= 0.3 is 5.69 Å². The van der Waals surface area contributed by atoms with E-state index in [-0.39, 0.29) is 35.6 Å². The molecular weight excluding hydrogens is 497 g/mol. The van der Waals surface area contributed by atoms with Crippen LogP contribution in [0, 0.1) is 18.7 Å². The number of benzene rings is 1. The summed E-state index contributed by atoms with van der Waals surface area (Å²) in [7, 11) is 0. The average Bonchev–Trinajstić information content (AvgIpc) is 3.60. The molecule has 1 aliphatic carbocycles. The molecule has 2 aromatic rings. The van der Waals surface area contributed by atoms with Gasteiger partial charge in [-0.05, 0) is 80.9 Å². The third kappa shape index (κ3) is 5.49. The van der Waals surface area contributed by atoms with Crippen LogP contribution in [0.15, 0.2) is 64.8 Å². The maximum absolute atomic E-state index is 13.6. The van der Waals surface area contributed by atoms with Crippen molar-refractivity contribution in [3.05, 3.63) is 93.2 Å². The lowest BCUT2D eigenvalue weighted by atomic mass is 10.0. The van der Waals surface area contributed by atoms with Gasteiger partial charge in [0.25, 0.3) is 5.91 Å². The number of halogens is 1. The molecule has 1 aromatic heterocycles. The summed E-state index contributed by atoms with van der Waals surface area (Å²) in [5, 5.41) is 10.0. The number of carbonyl (C=O) groups excluding carboxylic acids is 1. The van der Waals surface area contributed by atoms with Crippen LogP contribution in [0.3, 0.4) is 0 Å². The number of hydrogen-bond acceptors (Lipinski definition) is 5. The van der Waals surface area contributed by atoms with E-state index in [1.54, 1.807) is 17.0 Å². The Hall–Kier alpha value is -3.85. The summed E-state index contributed by atoms with van der Waals surface area (Å²) in [6.45, 7) is 7.35. The van der Waals surface area contributed by atoms with E-state index in [2.05, 4.69) is 28.6 Å². The van der Waals surface area contributed by atoms with Gasteiger partial charge < -0.3 is 25.6 Å². The van der Waals surface area contributed by atoms with Crippen LogP contribution < -0.4 is 16.3 Å². The highest BCUT2D eigenvalue weighted by atomic mass is 19.1. The van der Waals surface area contributed by atoms with E-state index in [4.69, 9.17) is 5.73 Å². The molecule has 0 unspecified atom stereocenters. The summed E-state index contributed by atoms with van der Waals surface area (Å²) in [6, 6.07) is 4.46. The first-order valence-corrected chi connectivity index (χ1v) is 13.6. The number of hydrogen-bond donors (Lipinski definition) is 3. The molecule has 2 fully saturated rings. The standard InChI is InChI=1S/C30H36FN5O3/c1-19(29(38)35-14-9-22-16-24(31)6-8-27(22)35)15-28(23(17-32)18-37)34-12-10-25(11-13-34)36-26(7-5-21-3-4-21)20(2)33-30(36)39/h5-8,15-17,21,25,37H,1,3-4,9-14,18,32H2,2H3,(H,33,39)/b7-5-,23-17-,28-15+. The monoisotopic (exact) mass is 533 g/mol. The highest BCUT2D eigenvalue weighted by Gasteiger charge is 2.29. The number of likely N-dealkylation sites (tertiary alicyclic amines) is 1. The SMILES string of the molecule is C=C(/C=C(\C(=C/N)CO)N1CCC(n2c(/C=C\C3CC3)c(C)[nH]c2=O)CC1)C(=O)N1CCc2cc(F)ccc21. The second-order valence-electron chi connectivity index (χ2n) is 10.6. The number of nitrogens with two attached hydrogens (primary N) is 1. The molecule has 1 saturated carbocycles. The number of aliphatic hydroxyl groups is 1. The molecular formula is C30H36FN5O3. The van der Waals surface area contributed by atoms with Gasteiger partial charge in [-0.15, -0.1) is 0 Å². The first-order chi connectivity index (χ1) is 18.8. The van der Waals surface area contributed by atoms with E-state index in [0.29, 0.717) is 61.8 Å². The van der Waals surface area contributed by atoms with Crippen LogP contribution in [-0.2, 0) is 11.2 Å². The van der Waals surface area contributed by atoms with E-state index in [9.17, 15) is 19.1 Å². The Bertz CT molecular complexity index is 1420.